The van der Waals surface area contributed by atoms with Crippen LogP contribution in [0.4, 0.5) is 11.6 Å². The Morgan fingerprint density at radius 2 is 2.00 bits per heavy atom. The second-order valence-corrected chi connectivity index (χ2v) is 6.00. The molecule has 8 nitrogen and oxygen atoms in total. The summed E-state index contributed by atoms with van der Waals surface area (Å²) >= 11 is 0. The van der Waals surface area contributed by atoms with Crippen molar-refractivity contribution in [2.24, 2.45) is 0 Å². The summed E-state index contributed by atoms with van der Waals surface area (Å²) in [4.78, 5) is 12.4. The average Bonchev–Trinajstić information content (AvgIpc) is 3.15. The summed E-state index contributed by atoms with van der Waals surface area (Å²) in [6.45, 7) is 1.97. The third-order valence-corrected chi connectivity index (χ3v) is 4.27. The first-order valence-electron chi connectivity index (χ1n) is 8.34. The molecule has 1 aromatic carbocycles. The maximum atomic E-state index is 9.35. The molecule has 0 aliphatic heterocycles. The molecule has 0 fully saturated rings. The lowest BCUT2D eigenvalue weighted by Crippen LogP contribution is -2.13. The van der Waals surface area contributed by atoms with Crippen LogP contribution in [0.1, 0.15) is 24.1 Å². The second kappa shape index (κ2) is 6.72. The second-order valence-electron chi connectivity index (χ2n) is 6.00. The number of imidazole rings is 1. The molecule has 8 heteroatoms. The molecule has 3 aromatic heterocycles. The zero-order valence-electron chi connectivity index (χ0n) is 14.5. The van der Waals surface area contributed by atoms with Crippen LogP contribution in [0, 0.1) is 11.3 Å². The van der Waals surface area contributed by atoms with Crippen molar-refractivity contribution in [2.75, 3.05) is 11.1 Å². The molecule has 1 atom stereocenters. The highest BCUT2D eigenvalue weighted by molar-refractivity contribution is 5.68. The molecule has 4 aromatic rings. The lowest BCUT2D eigenvalue weighted by atomic mass is 10.0. The van der Waals surface area contributed by atoms with Crippen LogP contribution in [0.3, 0.4) is 0 Å². The molecule has 3 heterocycles. The number of rotatable bonds is 4. The monoisotopic (exact) mass is 356 g/mol. The zero-order chi connectivity index (χ0) is 18.8. The molecule has 132 valence electrons. The van der Waals surface area contributed by atoms with Crippen LogP contribution >= 0.6 is 0 Å². The van der Waals surface area contributed by atoms with Gasteiger partial charge in [0.05, 0.1) is 11.7 Å². The summed E-state index contributed by atoms with van der Waals surface area (Å²) in [5.41, 5.74) is 9.49. The van der Waals surface area contributed by atoms with Crippen molar-refractivity contribution in [3.05, 3.63) is 66.2 Å². The molecule has 0 radical (unpaired) electrons. The van der Waals surface area contributed by atoms with Gasteiger partial charge in [-0.05, 0) is 13.0 Å². The summed E-state index contributed by atoms with van der Waals surface area (Å²) in [5, 5.41) is 17.3. The number of hydrogen-bond donors (Lipinski definition) is 2. The topological polar surface area (TPSA) is 118 Å². The van der Waals surface area contributed by atoms with Crippen molar-refractivity contribution in [3.8, 4) is 17.3 Å². The number of nitrogens with zero attached hydrogens (tertiary/aromatic N) is 6. The molecule has 0 saturated heterocycles. The molecular formula is C19H16N8. The number of anilines is 2. The van der Waals surface area contributed by atoms with Gasteiger partial charge in [0.25, 0.3) is 0 Å². The van der Waals surface area contributed by atoms with E-state index in [4.69, 9.17) is 10.8 Å². The Labute approximate surface area is 155 Å². The number of nitrogens with one attached hydrogen (secondary N) is 1. The van der Waals surface area contributed by atoms with Crippen LogP contribution in [0.25, 0.3) is 16.9 Å². The number of hydrogen-bond acceptors (Lipinski definition) is 7. The SMILES string of the molecule is C[C@@H](Nc1ncnc(N)c1C#N)c1cc2nccn2nc1-c1ccccc1. The minimum Gasteiger partial charge on any atom is -0.382 e. The fourth-order valence-electron chi connectivity index (χ4n) is 2.92. The Bertz CT molecular complexity index is 1140. The molecular weight excluding hydrogens is 340 g/mol. The van der Waals surface area contributed by atoms with Crippen molar-refractivity contribution < 1.29 is 0 Å². The minimum absolute atomic E-state index is 0.146. The lowest BCUT2D eigenvalue weighted by Gasteiger charge is -2.19. The van der Waals surface area contributed by atoms with E-state index < -0.39 is 0 Å². The van der Waals surface area contributed by atoms with Crippen LogP contribution < -0.4 is 11.1 Å². The molecule has 0 saturated carbocycles. The highest BCUT2D eigenvalue weighted by Crippen LogP contribution is 2.30. The Hall–Kier alpha value is -3.99. The molecule has 0 aliphatic carbocycles. The summed E-state index contributed by atoms with van der Waals surface area (Å²) in [6, 6.07) is 13.7. The molecule has 0 spiro atoms. The minimum atomic E-state index is -0.198. The van der Waals surface area contributed by atoms with E-state index in [2.05, 4.69) is 20.3 Å². The predicted molar refractivity (Wildman–Crippen MR) is 102 cm³/mol. The number of fused-ring (bicyclic) bond motifs is 1. The molecule has 0 unspecified atom stereocenters. The van der Waals surface area contributed by atoms with Crippen molar-refractivity contribution in [3.63, 3.8) is 0 Å². The number of nitriles is 1. The predicted octanol–water partition coefficient (Wildman–Crippen LogP) is 2.81. The molecule has 27 heavy (non-hydrogen) atoms. The van der Waals surface area contributed by atoms with Gasteiger partial charge in [-0.1, -0.05) is 30.3 Å². The van der Waals surface area contributed by atoms with Gasteiger partial charge in [-0.25, -0.2) is 19.5 Å². The highest BCUT2D eigenvalue weighted by atomic mass is 15.2. The summed E-state index contributed by atoms with van der Waals surface area (Å²) in [5.74, 6) is 0.534. The van der Waals surface area contributed by atoms with Gasteiger partial charge in [-0.3, -0.25) is 0 Å². The molecule has 0 aliphatic rings. The van der Waals surface area contributed by atoms with Crippen LogP contribution in [-0.4, -0.2) is 24.6 Å². The Morgan fingerprint density at radius 1 is 1.19 bits per heavy atom. The number of benzene rings is 1. The molecule has 0 amide bonds. The summed E-state index contributed by atoms with van der Waals surface area (Å²) in [7, 11) is 0. The van der Waals surface area contributed by atoms with Crippen molar-refractivity contribution in [2.45, 2.75) is 13.0 Å². The Morgan fingerprint density at radius 3 is 2.78 bits per heavy atom. The van der Waals surface area contributed by atoms with Crippen molar-refractivity contribution in [1.82, 2.24) is 24.6 Å². The number of nitrogen functional groups attached to an aromatic ring is 1. The Kier molecular flexibility index (Phi) is 4.10. The van der Waals surface area contributed by atoms with E-state index in [1.807, 2.05) is 55.6 Å². The van der Waals surface area contributed by atoms with Crippen LogP contribution in [0.2, 0.25) is 0 Å². The van der Waals surface area contributed by atoms with Gasteiger partial charge < -0.3 is 11.1 Å². The van der Waals surface area contributed by atoms with Gasteiger partial charge in [0.2, 0.25) is 0 Å². The third-order valence-electron chi connectivity index (χ3n) is 4.27. The van der Waals surface area contributed by atoms with E-state index in [0.29, 0.717) is 5.82 Å². The Balaban J connectivity index is 1.81. The quantitative estimate of drug-likeness (QED) is 0.577. The van der Waals surface area contributed by atoms with Crippen LogP contribution in [-0.2, 0) is 0 Å². The third kappa shape index (κ3) is 3.02. The maximum Gasteiger partial charge on any atom is 0.153 e. The van der Waals surface area contributed by atoms with E-state index in [1.165, 1.54) is 6.33 Å². The first kappa shape index (κ1) is 16.5. The summed E-state index contributed by atoms with van der Waals surface area (Å²) in [6.07, 6.45) is 4.85. The molecule has 3 N–H and O–H groups in total. The van der Waals surface area contributed by atoms with Crippen molar-refractivity contribution in [1.29, 1.82) is 5.26 Å². The fraction of sp³-hybridized carbons (Fsp3) is 0.105. The van der Waals surface area contributed by atoms with E-state index >= 15 is 0 Å². The number of aromatic nitrogens is 5. The first-order valence-corrected chi connectivity index (χ1v) is 8.34. The lowest BCUT2D eigenvalue weighted by molar-refractivity contribution is 0.840. The van der Waals surface area contributed by atoms with Crippen molar-refractivity contribution >= 4 is 17.3 Å². The standard InChI is InChI=1S/C19H16N8/c1-12(25-19-15(10-20)18(21)23-11-24-19)14-9-16-22-7-8-27(16)26-17(14)13-5-3-2-4-6-13/h2-9,11-12H,1H3,(H3,21,23,24,25)/t12-/m1/s1. The molecule has 0 bridgehead atoms. The average molecular weight is 356 g/mol. The molecule has 4 rings (SSSR count). The first-order chi connectivity index (χ1) is 13.2. The van der Waals surface area contributed by atoms with Crippen LogP contribution in [0.15, 0.2) is 55.1 Å². The largest absolute Gasteiger partial charge is 0.382 e. The highest BCUT2D eigenvalue weighted by Gasteiger charge is 2.18. The van der Waals surface area contributed by atoms with Gasteiger partial charge in [-0.15, -0.1) is 0 Å². The van der Waals surface area contributed by atoms with Gasteiger partial charge >= 0.3 is 0 Å². The van der Waals surface area contributed by atoms with Crippen LogP contribution in [0.5, 0.6) is 0 Å². The fourth-order valence-corrected chi connectivity index (χ4v) is 2.92. The van der Waals surface area contributed by atoms with E-state index in [9.17, 15) is 5.26 Å². The van der Waals surface area contributed by atoms with Gasteiger partial charge in [0.1, 0.15) is 29.6 Å². The summed E-state index contributed by atoms with van der Waals surface area (Å²) < 4.78 is 1.74. The smallest absolute Gasteiger partial charge is 0.153 e. The maximum absolute atomic E-state index is 9.35. The van der Waals surface area contributed by atoms with Gasteiger partial charge in [0, 0.05) is 23.5 Å². The number of nitrogens with two attached hydrogens (primary N) is 1. The normalized spacial score (nSPS) is 11.9. The van der Waals surface area contributed by atoms with E-state index in [1.54, 1.807) is 10.7 Å². The zero-order valence-corrected chi connectivity index (χ0v) is 14.5. The van der Waals surface area contributed by atoms with Gasteiger partial charge in [-0.2, -0.15) is 10.4 Å². The van der Waals surface area contributed by atoms with E-state index in [-0.39, 0.29) is 17.4 Å². The van der Waals surface area contributed by atoms with Gasteiger partial charge in [0.15, 0.2) is 5.65 Å². The van der Waals surface area contributed by atoms with E-state index in [0.717, 1.165) is 22.5 Å².